The van der Waals surface area contributed by atoms with Crippen LogP contribution in [-0.2, 0) is 4.74 Å². The van der Waals surface area contributed by atoms with Gasteiger partial charge in [-0.15, -0.1) is 0 Å². The van der Waals surface area contributed by atoms with Gasteiger partial charge in [0.1, 0.15) is 5.69 Å². The highest BCUT2D eigenvalue weighted by Gasteiger charge is 2.22. The van der Waals surface area contributed by atoms with Gasteiger partial charge in [-0.1, -0.05) is 0 Å². The third-order valence-electron chi connectivity index (χ3n) is 3.08. The van der Waals surface area contributed by atoms with E-state index in [2.05, 4.69) is 9.97 Å². The Morgan fingerprint density at radius 3 is 2.89 bits per heavy atom. The number of hydrogen-bond acceptors (Lipinski definition) is 6. The minimum Gasteiger partial charge on any atom is -0.391 e. The molecule has 1 aromatic rings. The third-order valence-corrected chi connectivity index (χ3v) is 3.08. The van der Waals surface area contributed by atoms with Gasteiger partial charge < -0.3 is 26.1 Å². The number of nitrogen functional groups attached to an aromatic ring is 1. The molecule has 0 aliphatic carbocycles. The van der Waals surface area contributed by atoms with Gasteiger partial charge in [-0.3, -0.25) is 4.79 Å². The van der Waals surface area contributed by atoms with E-state index < -0.39 is 0 Å². The van der Waals surface area contributed by atoms with Crippen LogP contribution in [0.3, 0.4) is 0 Å². The van der Waals surface area contributed by atoms with Gasteiger partial charge in [0.05, 0.1) is 19.0 Å². The molecule has 1 aromatic heterocycles. The summed E-state index contributed by atoms with van der Waals surface area (Å²) in [4.78, 5) is 20.0. The van der Waals surface area contributed by atoms with Crippen molar-refractivity contribution in [3.63, 3.8) is 0 Å². The number of hydrogen-bond donors (Lipinski definition) is 3. The maximum atomic E-state index is 11.4. The number of H-pyrrole nitrogens is 1. The monoisotopic (exact) mass is 253 g/mol. The third kappa shape index (κ3) is 2.80. The van der Waals surface area contributed by atoms with E-state index in [9.17, 15) is 4.79 Å². The molecule has 2 rings (SSSR count). The zero-order valence-electron chi connectivity index (χ0n) is 10.3. The van der Waals surface area contributed by atoms with Crippen molar-refractivity contribution in [2.24, 2.45) is 5.73 Å². The molecule has 0 saturated carbocycles. The molecule has 7 heteroatoms. The Labute approximate surface area is 105 Å². The van der Waals surface area contributed by atoms with Crippen molar-refractivity contribution in [2.75, 3.05) is 36.9 Å². The first kappa shape index (κ1) is 12.8. The average Bonchev–Trinajstić information content (AvgIpc) is 2.40. The molecule has 2 heterocycles. The molecule has 0 radical (unpaired) electrons. The fraction of sp³-hybridized carbons (Fsp3) is 0.636. The van der Waals surface area contributed by atoms with Crippen LogP contribution in [0.1, 0.15) is 12.8 Å². The van der Waals surface area contributed by atoms with Crippen molar-refractivity contribution in [1.29, 1.82) is 0 Å². The molecular formula is C11H19N5O2. The summed E-state index contributed by atoms with van der Waals surface area (Å²) in [5, 5.41) is 0. The Hall–Kier alpha value is -1.60. The minimum atomic E-state index is -0.290. The van der Waals surface area contributed by atoms with E-state index in [0.717, 1.165) is 25.9 Å². The largest absolute Gasteiger partial charge is 0.391 e. The Morgan fingerprint density at radius 1 is 1.50 bits per heavy atom. The maximum Gasteiger partial charge on any atom is 0.276 e. The first-order chi connectivity index (χ1) is 8.72. The van der Waals surface area contributed by atoms with Crippen molar-refractivity contribution in [1.82, 2.24) is 9.97 Å². The molecule has 0 spiro atoms. The summed E-state index contributed by atoms with van der Waals surface area (Å²) in [6, 6.07) is 0. The highest BCUT2D eigenvalue weighted by Crippen LogP contribution is 2.21. The van der Waals surface area contributed by atoms with Gasteiger partial charge in [0.15, 0.2) is 5.82 Å². The van der Waals surface area contributed by atoms with E-state index >= 15 is 0 Å². The molecular weight excluding hydrogens is 234 g/mol. The van der Waals surface area contributed by atoms with Gasteiger partial charge >= 0.3 is 0 Å². The molecule has 0 amide bonds. The predicted octanol–water partition coefficient (Wildman–Crippen LogP) is -0.704. The highest BCUT2D eigenvalue weighted by atomic mass is 16.5. The normalized spacial score (nSPS) is 17.1. The number of anilines is 2. The number of nitrogens with zero attached hydrogens (tertiary/aromatic N) is 2. The molecule has 0 atom stereocenters. The Kier molecular flexibility index (Phi) is 4.16. The van der Waals surface area contributed by atoms with Crippen molar-refractivity contribution in [2.45, 2.75) is 18.9 Å². The number of nitrogens with two attached hydrogens (primary N) is 2. The maximum absolute atomic E-state index is 11.4. The fourth-order valence-electron chi connectivity index (χ4n) is 2.12. The van der Waals surface area contributed by atoms with E-state index in [1.54, 1.807) is 0 Å². The van der Waals surface area contributed by atoms with Crippen molar-refractivity contribution < 1.29 is 4.74 Å². The van der Waals surface area contributed by atoms with Crippen LogP contribution in [0.2, 0.25) is 0 Å². The minimum absolute atomic E-state index is 0.179. The van der Waals surface area contributed by atoms with Crippen molar-refractivity contribution in [3.8, 4) is 0 Å². The molecule has 18 heavy (non-hydrogen) atoms. The molecule has 0 unspecified atom stereocenters. The van der Waals surface area contributed by atoms with Crippen LogP contribution >= 0.6 is 0 Å². The number of aromatic amines is 1. The van der Waals surface area contributed by atoms with Gasteiger partial charge in [0.25, 0.3) is 5.56 Å². The predicted molar refractivity (Wildman–Crippen MR) is 69.5 cm³/mol. The van der Waals surface area contributed by atoms with E-state index in [4.69, 9.17) is 16.2 Å². The standard InChI is InChI=1S/C11H19N5O2/c12-3-6-18-8-1-4-16(5-2-8)10-9(13)11(17)15-7-14-10/h7-8H,1-6,12-13H2,(H,14,15,17). The van der Waals surface area contributed by atoms with Crippen LogP contribution in [0, 0.1) is 0 Å². The summed E-state index contributed by atoms with van der Waals surface area (Å²) in [5.74, 6) is 0.566. The van der Waals surface area contributed by atoms with Gasteiger partial charge in [0.2, 0.25) is 0 Å². The van der Waals surface area contributed by atoms with Gasteiger partial charge in [-0.05, 0) is 12.8 Å². The molecule has 1 fully saturated rings. The first-order valence-corrected chi connectivity index (χ1v) is 6.12. The first-order valence-electron chi connectivity index (χ1n) is 6.12. The van der Waals surface area contributed by atoms with Crippen molar-refractivity contribution in [3.05, 3.63) is 16.7 Å². The van der Waals surface area contributed by atoms with Gasteiger partial charge in [-0.2, -0.15) is 0 Å². The fourth-order valence-corrected chi connectivity index (χ4v) is 2.12. The van der Waals surface area contributed by atoms with Crippen LogP contribution in [0.5, 0.6) is 0 Å². The number of ether oxygens (including phenoxy) is 1. The number of rotatable bonds is 4. The summed E-state index contributed by atoms with van der Waals surface area (Å²) >= 11 is 0. The zero-order chi connectivity index (χ0) is 13.0. The molecule has 5 N–H and O–H groups in total. The summed E-state index contributed by atoms with van der Waals surface area (Å²) in [6.07, 6.45) is 3.42. The van der Waals surface area contributed by atoms with Crippen LogP contribution in [0.4, 0.5) is 11.5 Å². The van der Waals surface area contributed by atoms with Crippen molar-refractivity contribution >= 4 is 11.5 Å². The Balaban J connectivity index is 1.97. The van der Waals surface area contributed by atoms with Crippen LogP contribution in [0.15, 0.2) is 11.1 Å². The molecule has 1 saturated heterocycles. The lowest BCUT2D eigenvalue weighted by Gasteiger charge is -2.32. The lowest BCUT2D eigenvalue weighted by atomic mass is 10.1. The lowest BCUT2D eigenvalue weighted by Crippen LogP contribution is -2.39. The summed E-state index contributed by atoms with van der Waals surface area (Å²) in [6.45, 7) is 2.71. The molecule has 1 aliphatic heterocycles. The van der Waals surface area contributed by atoms with Crippen LogP contribution in [-0.4, -0.2) is 42.3 Å². The molecule has 0 bridgehead atoms. The summed E-state index contributed by atoms with van der Waals surface area (Å²) < 4.78 is 5.60. The van der Waals surface area contributed by atoms with E-state index in [-0.39, 0.29) is 17.4 Å². The number of aromatic nitrogens is 2. The van der Waals surface area contributed by atoms with Gasteiger partial charge in [0, 0.05) is 19.6 Å². The second kappa shape index (κ2) is 5.83. The summed E-state index contributed by atoms with van der Waals surface area (Å²) in [7, 11) is 0. The second-order valence-corrected chi connectivity index (χ2v) is 4.31. The van der Waals surface area contributed by atoms with Crippen LogP contribution < -0.4 is 21.9 Å². The molecule has 100 valence electrons. The zero-order valence-corrected chi connectivity index (χ0v) is 10.3. The molecule has 0 aromatic carbocycles. The second-order valence-electron chi connectivity index (χ2n) is 4.31. The number of piperidine rings is 1. The van der Waals surface area contributed by atoms with E-state index in [1.165, 1.54) is 6.33 Å². The quantitative estimate of drug-likeness (QED) is 0.654. The number of nitrogens with one attached hydrogen (secondary N) is 1. The van der Waals surface area contributed by atoms with E-state index in [0.29, 0.717) is 19.0 Å². The highest BCUT2D eigenvalue weighted by molar-refractivity contribution is 5.60. The van der Waals surface area contributed by atoms with Crippen LogP contribution in [0.25, 0.3) is 0 Å². The van der Waals surface area contributed by atoms with E-state index in [1.807, 2.05) is 4.90 Å². The Morgan fingerprint density at radius 2 is 2.22 bits per heavy atom. The molecule has 7 nitrogen and oxygen atoms in total. The van der Waals surface area contributed by atoms with Gasteiger partial charge in [-0.25, -0.2) is 4.98 Å². The smallest absolute Gasteiger partial charge is 0.276 e. The topological polar surface area (TPSA) is 110 Å². The average molecular weight is 253 g/mol. The SMILES string of the molecule is NCCOC1CCN(c2nc[nH]c(=O)c2N)CC1. The Bertz CT molecular complexity index is 439. The molecule has 1 aliphatic rings. The lowest BCUT2D eigenvalue weighted by molar-refractivity contribution is 0.0421. The summed E-state index contributed by atoms with van der Waals surface area (Å²) in [5.41, 5.74) is 11.0.